The lowest BCUT2D eigenvalue weighted by atomic mass is 10.1. The number of rotatable bonds is 5. The van der Waals surface area contributed by atoms with Gasteiger partial charge in [-0.05, 0) is 45.2 Å². The molecule has 0 aliphatic carbocycles. The molecule has 0 bridgehead atoms. The van der Waals surface area contributed by atoms with Crippen LogP contribution in [0.15, 0.2) is 18.2 Å². The van der Waals surface area contributed by atoms with Crippen LogP contribution in [0.1, 0.15) is 40.7 Å². The molecule has 0 spiro atoms. The van der Waals surface area contributed by atoms with Crippen molar-refractivity contribution in [1.29, 1.82) is 0 Å². The molecule has 0 unspecified atom stereocenters. The molecular weight excluding hydrogens is 332 g/mol. The molecule has 2 amide bonds. The van der Waals surface area contributed by atoms with Gasteiger partial charge in [0.15, 0.2) is 0 Å². The van der Waals surface area contributed by atoms with Crippen LogP contribution in [0.2, 0.25) is 0 Å². The van der Waals surface area contributed by atoms with Crippen LogP contribution >= 0.6 is 0 Å². The Kier molecular flexibility index (Phi) is 5.50. The van der Waals surface area contributed by atoms with Gasteiger partial charge in [-0.2, -0.15) is 4.98 Å². The summed E-state index contributed by atoms with van der Waals surface area (Å²) in [5.41, 5.74) is 2.56. The third-order valence-electron chi connectivity index (χ3n) is 4.26. The zero-order valence-electron chi connectivity index (χ0n) is 15.1. The van der Waals surface area contributed by atoms with E-state index in [1.54, 1.807) is 12.1 Å². The first-order valence-electron chi connectivity index (χ1n) is 8.85. The van der Waals surface area contributed by atoms with Gasteiger partial charge in [0.2, 0.25) is 17.8 Å². The largest absolute Gasteiger partial charge is 0.343 e. The first-order valence-corrected chi connectivity index (χ1v) is 8.85. The fraction of sp³-hybridized carbons (Fsp3) is 0.444. The van der Waals surface area contributed by atoms with Crippen molar-refractivity contribution in [3.05, 3.63) is 34.9 Å². The lowest BCUT2D eigenvalue weighted by Crippen LogP contribution is -2.33. The van der Waals surface area contributed by atoms with Gasteiger partial charge in [-0.15, -0.1) is 5.10 Å². The molecule has 3 N–H and O–H groups in total. The summed E-state index contributed by atoms with van der Waals surface area (Å²) in [6, 6.07) is 5.58. The van der Waals surface area contributed by atoms with Crippen LogP contribution in [0.25, 0.3) is 0 Å². The number of benzene rings is 1. The SMILES string of the molecule is Cc1cc(C)cc(C(=O)NCC(=O)Nc2nc(N3CCCCC3)n[nH]2)c1. The van der Waals surface area contributed by atoms with Gasteiger partial charge >= 0.3 is 0 Å². The van der Waals surface area contributed by atoms with Crippen molar-refractivity contribution in [1.82, 2.24) is 20.5 Å². The number of hydrogen-bond donors (Lipinski definition) is 3. The first-order chi connectivity index (χ1) is 12.5. The van der Waals surface area contributed by atoms with E-state index in [1.807, 2.05) is 19.9 Å². The van der Waals surface area contributed by atoms with E-state index in [4.69, 9.17) is 0 Å². The molecule has 1 aliphatic rings. The van der Waals surface area contributed by atoms with Gasteiger partial charge < -0.3 is 10.2 Å². The average Bonchev–Trinajstić information content (AvgIpc) is 3.08. The Morgan fingerprint density at radius 1 is 1.12 bits per heavy atom. The Morgan fingerprint density at radius 3 is 2.50 bits per heavy atom. The highest BCUT2D eigenvalue weighted by Crippen LogP contribution is 2.16. The van der Waals surface area contributed by atoms with E-state index in [9.17, 15) is 9.59 Å². The van der Waals surface area contributed by atoms with E-state index in [0.717, 1.165) is 37.1 Å². The van der Waals surface area contributed by atoms with Crippen molar-refractivity contribution >= 4 is 23.7 Å². The Balaban J connectivity index is 1.51. The summed E-state index contributed by atoms with van der Waals surface area (Å²) >= 11 is 0. The number of aromatic amines is 1. The van der Waals surface area contributed by atoms with Gasteiger partial charge in [0, 0.05) is 18.7 Å². The lowest BCUT2D eigenvalue weighted by molar-refractivity contribution is -0.115. The minimum atomic E-state index is -0.357. The number of carbonyl (C=O) groups is 2. The fourth-order valence-corrected chi connectivity index (χ4v) is 3.09. The number of aryl methyl sites for hydroxylation is 2. The van der Waals surface area contributed by atoms with Crippen LogP contribution in [0.3, 0.4) is 0 Å². The molecule has 2 heterocycles. The van der Waals surface area contributed by atoms with E-state index >= 15 is 0 Å². The monoisotopic (exact) mass is 356 g/mol. The number of anilines is 2. The predicted octanol–water partition coefficient (Wildman–Crippen LogP) is 1.78. The molecule has 138 valence electrons. The van der Waals surface area contributed by atoms with Crippen LogP contribution < -0.4 is 15.5 Å². The number of nitrogens with zero attached hydrogens (tertiary/aromatic N) is 3. The van der Waals surface area contributed by atoms with Crippen LogP contribution in [0, 0.1) is 13.8 Å². The number of piperidine rings is 1. The zero-order chi connectivity index (χ0) is 18.5. The second-order valence-electron chi connectivity index (χ2n) is 6.64. The summed E-state index contributed by atoms with van der Waals surface area (Å²) in [6.45, 7) is 5.58. The van der Waals surface area contributed by atoms with Crippen molar-refractivity contribution in [2.75, 3.05) is 29.9 Å². The molecule has 1 aromatic heterocycles. The van der Waals surface area contributed by atoms with E-state index in [0.29, 0.717) is 11.5 Å². The quantitative estimate of drug-likeness (QED) is 0.758. The Bertz CT molecular complexity index is 774. The number of H-pyrrole nitrogens is 1. The highest BCUT2D eigenvalue weighted by molar-refractivity contribution is 5.99. The van der Waals surface area contributed by atoms with E-state index in [1.165, 1.54) is 6.42 Å². The molecule has 1 saturated heterocycles. The summed E-state index contributed by atoms with van der Waals surface area (Å²) in [5.74, 6) is 0.248. The third kappa shape index (κ3) is 4.59. The van der Waals surface area contributed by atoms with Gasteiger partial charge in [-0.1, -0.05) is 17.2 Å². The molecule has 1 aliphatic heterocycles. The Labute approximate surface area is 152 Å². The Hall–Kier alpha value is -2.90. The first kappa shape index (κ1) is 17.9. The van der Waals surface area contributed by atoms with Crippen molar-refractivity contribution in [3.8, 4) is 0 Å². The molecule has 2 aromatic rings. The molecule has 26 heavy (non-hydrogen) atoms. The second-order valence-corrected chi connectivity index (χ2v) is 6.64. The van der Waals surface area contributed by atoms with Crippen LogP contribution in [0.4, 0.5) is 11.9 Å². The number of carbonyl (C=O) groups excluding carboxylic acids is 2. The van der Waals surface area contributed by atoms with Crippen molar-refractivity contribution in [2.45, 2.75) is 33.1 Å². The smallest absolute Gasteiger partial charge is 0.251 e. The summed E-state index contributed by atoms with van der Waals surface area (Å²) in [4.78, 5) is 30.6. The van der Waals surface area contributed by atoms with Crippen LogP contribution in [-0.4, -0.2) is 46.6 Å². The second kappa shape index (κ2) is 7.99. The van der Waals surface area contributed by atoms with E-state index in [-0.39, 0.29) is 24.3 Å². The van der Waals surface area contributed by atoms with Crippen LogP contribution in [-0.2, 0) is 4.79 Å². The van der Waals surface area contributed by atoms with Gasteiger partial charge in [-0.3, -0.25) is 14.9 Å². The van der Waals surface area contributed by atoms with Crippen LogP contribution in [0.5, 0.6) is 0 Å². The molecular formula is C18H24N6O2. The van der Waals surface area contributed by atoms with E-state index < -0.39 is 0 Å². The molecule has 1 aromatic carbocycles. The molecule has 1 fully saturated rings. The van der Waals surface area contributed by atoms with E-state index in [2.05, 4.69) is 30.7 Å². The fourth-order valence-electron chi connectivity index (χ4n) is 3.09. The molecule has 8 nitrogen and oxygen atoms in total. The maximum Gasteiger partial charge on any atom is 0.251 e. The highest BCUT2D eigenvalue weighted by atomic mass is 16.2. The third-order valence-corrected chi connectivity index (χ3v) is 4.26. The summed E-state index contributed by atoms with van der Waals surface area (Å²) < 4.78 is 0. The minimum absolute atomic E-state index is 0.133. The molecule has 8 heteroatoms. The summed E-state index contributed by atoms with van der Waals surface area (Å²) in [6.07, 6.45) is 3.48. The Morgan fingerprint density at radius 2 is 1.81 bits per heavy atom. The minimum Gasteiger partial charge on any atom is -0.343 e. The van der Waals surface area contributed by atoms with Gasteiger partial charge in [0.25, 0.3) is 5.91 Å². The maximum absolute atomic E-state index is 12.2. The van der Waals surface area contributed by atoms with Gasteiger partial charge in [0.1, 0.15) is 0 Å². The summed E-state index contributed by atoms with van der Waals surface area (Å²) in [7, 11) is 0. The summed E-state index contributed by atoms with van der Waals surface area (Å²) in [5, 5.41) is 12.1. The number of nitrogens with one attached hydrogen (secondary N) is 3. The highest BCUT2D eigenvalue weighted by Gasteiger charge is 2.16. The van der Waals surface area contributed by atoms with Gasteiger partial charge in [-0.25, -0.2) is 5.10 Å². The number of aromatic nitrogens is 3. The number of hydrogen-bond acceptors (Lipinski definition) is 5. The van der Waals surface area contributed by atoms with Crippen molar-refractivity contribution in [3.63, 3.8) is 0 Å². The average molecular weight is 356 g/mol. The predicted molar refractivity (Wildman–Crippen MR) is 99.3 cm³/mol. The zero-order valence-corrected chi connectivity index (χ0v) is 15.1. The topological polar surface area (TPSA) is 103 Å². The molecule has 0 radical (unpaired) electrons. The molecule has 0 atom stereocenters. The number of amides is 2. The standard InChI is InChI=1S/C18H24N6O2/c1-12-8-13(2)10-14(9-12)16(26)19-11-15(25)20-17-21-18(23-22-17)24-6-4-3-5-7-24/h8-10H,3-7,11H2,1-2H3,(H,19,26)(H2,20,21,22,23,25). The van der Waals surface area contributed by atoms with Crippen molar-refractivity contribution in [2.24, 2.45) is 0 Å². The normalized spacial score (nSPS) is 14.2. The lowest BCUT2D eigenvalue weighted by Gasteiger charge is -2.24. The van der Waals surface area contributed by atoms with Gasteiger partial charge in [0.05, 0.1) is 6.54 Å². The molecule has 0 saturated carbocycles. The van der Waals surface area contributed by atoms with Crippen molar-refractivity contribution < 1.29 is 9.59 Å². The maximum atomic E-state index is 12.2. The molecule has 3 rings (SSSR count).